The highest BCUT2D eigenvalue weighted by Crippen LogP contribution is 2.33. The Hall–Kier alpha value is -0.670. The SMILES string of the molecule is CON1CCSc2ccccc21. The molecular weight excluding hydrogens is 170 g/mol. The Morgan fingerprint density at radius 2 is 2.25 bits per heavy atom. The molecule has 1 aliphatic heterocycles. The molecule has 1 aliphatic rings. The Bertz CT molecular complexity index is 277. The lowest BCUT2D eigenvalue weighted by Crippen LogP contribution is -2.27. The predicted octanol–water partition coefficient (Wildman–Crippen LogP) is 2.16. The van der Waals surface area contributed by atoms with Gasteiger partial charge in [-0.2, -0.15) is 0 Å². The normalized spacial score (nSPS) is 15.9. The molecule has 0 amide bonds. The minimum Gasteiger partial charge on any atom is -0.277 e. The molecular formula is C9H11NOS. The van der Waals surface area contributed by atoms with E-state index in [1.807, 2.05) is 22.9 Å². The van der Waals surface area contributed by atoms with E-state index in [9.17, 15) is 0 Å². The van der Waals surface area contributed by atoms with E-state index in [4.69, 9.17) is 4.84 Å². The van der Waals surface area contributed by atoms with Gasteiger partial charge in [-0.1, -0.05) is 12.1 Å². The van der Waals surface area contributed by atoms with E-state index in [0.29, 0.717) is 0 Å². The lowest BCUT2D eigenvalue weighted by molar-refractivity contribution is 0.169. The van der Waals surface area contributed by atoms with Crippen molar-refractivity contribution < 1.29 is 4.84 Å². The van der Waals surface area contributed by atoms with Gasteiger partial charge in [0.15, 0.2) is 0 Å². The molecule has 3 heteroatoms. The molecule has 0 aromatic heterocycles. The van der Waals surface area contributed by atoms with Gasteiger partial charge in [-0.15, -0.1) is 11.8 Å². The first-order valence-corrected chi connectivity index (χ1v) is 4.94. The highest BCUT2D eigenvalue weighted by molar-refractivity contribution is 7.99. The minimum atomic E-state index is 0.970. The number of hydrogen-bond donors (Lipinski definition) is 0. The second-order valence-corrected chi connectivity index (χ2v) is 3.74. The lowest BCUT2D eigenvalue weighted by Gasteiger charge is -2.27. The number of para-hydroxylation sites is 1. The van der Waals surface area contributed by atoms with Crippen molar-refractivity contribution >= 4 is 17.4 Å². The topological polar surface area (TPSA) is 12.5 Å². The summed E-state index contributed by atoms with van der Waals surface area (Å²) in [5.74, 6) is 1.10. The summed E-state index contributed by atoms with van der Waals surface area (Å²) in [5.41, 5.74) is 1.19. The van der Waals surface area contributed by atoms with Crippen LogP contribution in [0.5, 0.6) is 0 Å². The molecule has 1 heterocycles. The molecule has 0 N–H and O–H groups in total. The smallest absolute Gasteiger partial charge is 0.0772 e. The summed E-state index contributed by atoms with van der Waals surface area (Å²) < 4.78 is 0. The summed E-state index contributed by atoms with van der Waals surface area (Å²) in [5, 5.41) is 1.94. The van der Waals surface area contributed by atoms with Crippen LogP contribution in [0.4, 0.5) is 5.69 Å². The second-order valence-electron chi connectivity index (χ2n) is 2.60. The number of benzene rings is 1. The van der Waals surface area contributed by atoms with Crippen LogP contribution in [0.1, 0.15) is 0 Å². The molecule has 0 fully saturated rings. The summed E-state index contributed by atoms with van der Waals surface area (Å²) in [4.78, 5) is 6.55. The molecule has 0 aliphatic carbocycles. The number of rotatable bonds is 1. The summed E-state index contributed by atoms with van der Waals surface area (Å²) in [6.07, 6.45) is 0. The van der Waals surface area contributed by atoms with Gasteiger partial charge < -0.3 is 0 Å². The maximum absolute atomic E-state index is 5.24. The van der Waals surface area contributed by atoms with E-state index in [1.54, 1.807) is 7.11 Å². The molecule has 1 aromatic carbocycles. The maximum Gasteiger partial charge on any atom is 0.0772 e. The van der Waals surface area contributed by atoms with Crippen LogP contribution in [0, 0.1) is 0 Å². The Balaban J connectivity index is 2.37. The zero-order valence-corrected chi connectivity index (χ0v) is 7.80. The van der Waals surface area contributed by atoms with E-state index in [2.05, 4.69) is 18.2 Å². The van der Waals surface area contributed by atoms with Crippen molar-refractivity contribution in [2.24, 2.45) is 0 Å². The average Bonchev–Trinajstić information content (AvgIpc) is 2.17. The molecule has 64 valence electrons. The molecule has 0 spiro atoms. The highest BCUT2D eigenvalue weighted by Gasteiger charge is 2.15. The largest absolute Gasteiger partial charge is 0.277 e. The van der Waals surface area contributed by atoms with E-state index in [-0.39, 0.29) is 0 Å². The van der Waals surface area contributed by atoms with Crippen LogP contribution in [0.2, 0.25) is 0 Å². The first-order valence-electron chi connectivity index (χ1n) is 3.95. The van der Waals surface area contributed by atoms with E-state index in [0.717, 1.165) is 12.3 Å². The Kier molecular flexibility index (Phi) is 2.23. The van der Waals surface area contributed by atoms with E-state index in [1.165, 1.54) is 10.6 Å². The van der Waals surface area contributed by atoms with Crippen LogP contribution in [0.15, 0.2) is 29.2 Å². The molecule has 0 unspecified atom stereocenters. The Labute approximate surface area is 76.5 Å². The van der Waals surface area contributed by atoms with Gasteiger partial charge >= 0.3 is 0 Å². The number of anilines is 1. The van der Waals surface area contributed by atoms with Gasteiger partial charge in [0, 0.05) is 10.6 Å². The average molecular weight is 181 g/mol. The fourth-order valence-corrected chi connectivity index (χ4v) is 2.30. The third-order valence-corrected chi connectivity index (χ3v) is 2.95. The van der Waals surface area contributed by atoms with Crippen molar-refractivity contribution in [3.63, 3.8) is 0 Å². The Morgan fingerprint density at radius 3 is 3.08 bits per heavy atom. The summed E-state index contributed by atoms with van der Waals surface area (Å²) in [6, 6.07) is 8.32. The third kappa shape index (κ3) is 1.30. The third-order valence-electron chi connectivity index (χ3n) is 1.91. The van der Waals surface area contributed by atoms with Gasteiger partial charge in [0.25, 0.3) is 0 Å². The fraction of sp³-hybridized carbons (Fsp3) is 0.333. The molecule has 2 rings (SSSR count). The van der Waals surface area contributed by atoms with Crippen LogP contribution < -0.4 is 5.06 Å². The first-order chi connectivity index (χ1) is 5.92. The van der Waals surface area contributed by atoms with E-state index >= 15 is 0 Å². The maximum atomic E-state index is 5.24. The molecule has 0 bridgehead atoms. The van der Waals surface area contributed by atoms with E-state index < -0.39 is 0 Å². The van der Waals surface area contributed by atoms with Crippen molar-refractivity contribution in [1.29, 1.82) is 0 Å². The molecule has 0 atom stereocenters. The zero-order chi connectivity index (χ0) is 8.39. The highest BCUT2D eigenvalue weighted by atomic mass is 32.2. The van der Waals surface area contributed by atoms with Crippen LogP contribution >= 0.6 is 11.8 Å². The van der Waals surface area contributed by atoms with Crippen LogP contribution in [0.3, 0.4) is 0 Å². The van der Waals surface area contributed by atoms with Gasteiger partial charge in [-0.3, -0.25) is 9.90 Å². The number of nitrogens with zero attached hydrogens (tertiary/aromatic N) is 1. The quantitative estimate of drug-likeness (QED) is 0.658. The second kappa shape index (κ2) is 3.37. The monoisotopic (exact) mass is 181 g/mol. The first kappa shape index (κ1) is 7.95. The van der Waals surface area contributed by atoms with Gasteiger partial charge in [0.05, 0.1) is 19.3 Å². The molecule has 0 radical (unpaired) electrons. The predicted molar refractivity (Wildman–Crippen MR) is 51.5 cm³/mol. The summed E-state index contributed by atoms with van der Waals surface area (Å²) >= 11 is 1.89. The standard InChI is InChI=1S/C9H11NOS/c1-11-10-6-7-12-9-5-3-2-4-8(9)10/h2-5H,6-7H2,1H3. The van der Waals surface area contributed by atoms with Crippen LogP contribution in [0.25, 0.3) is 0 Å². The number of fused-ring (bicyclic) bond motifs is 1. The van der Waals surface area contributed by atoms with Crippen molar-refractivity contribution in [2.75, 3.05) is 24.5 Å². The molecule has 0 saturated heterocycles. The molecule has 0 saturated carbocycles. The lowest BCUT2D eigenvalue weighted by atomic mass is 10.3. The van der Waals surface area contributed by atoms with Crippen molar-refractivity contribution in [3.8, 4) is 0 Å². The number of hydroxylamine groups is 1. The zero-order valence-electron chi connectivity index (χ0n) is 6.99. The van der Waals surface area contributed by atoms with Gasteiger partial charge in [-0.25, -0.2) is 0 Å². The minimum absolute atomic E-state index is 0.970. The molecule has 12 heavy (non-hydrogen) atoms. The summed E-state index contributed by atoms with van der Waals surface area (Å²) in [6.45, 7) is 0.970. The van der Waals surface area contributed by atoms with Gasteiger partial charge in [0.1, 0.15) is 0 Å². The molecule has 2 nitrogen and oxygen atoms in total. The summed E-state index contributed by atoms with van der Waals surface area (Å²) in [7, 11) is 1.72. The number of thioether (sulfide) groups is 1. The molecule has 1 aromatic rings. The van der Waals surface area contributed by atoms with Crippen LogP contribution in [-0.4, -0.2) is 19.4 Å². The van der Waals surface area contributed by atoms with Gasteiger partial charge in [0.2, 0.25) is 0 Å². The van der Waals surface area contributed by atoms with Crippen molar-refractivity contribution in [2.45, 2.75) is 4.90 Å². The van der Waals surface area contributed by atoms with Crippen LogP contribution in [-0.2, 0) is 4.84 Å². The number of hydrogen-bond acceptors (Lipinski definition) is 3. The van der Waals surface area contributed by atoms with Crippen molar-refractivity contribution in [3.05, 3.63) is 24.3 Å². The Morgan fingerprint density at radius 1 is 1.42 bits per heavy atom. The van der Waals surface area contributed by atoms with Gasteiger partial charge in [-0.05, 0) is 12.1 Å². The fourth-order valence-electron chi connectivity index (χ4n) is 1.33. The van der Waals surface area contributed by atoms with Crippen molar-refractivity contribution in [1.82, 2.24) is 0 Å².